The molecule has 1 aliphatic heterocycles. The molecule has 1 aromatic rings. The minimum Gasteiger partial charge on any atom is -0.282 e. The summed E-state index contributed by atoms with van der Waals surface area (Å²) in [4.78, 5) is 0. The standard InChI is InChI=1S/C8H7BrFN3/c9-5-1-2-6(7(10)3-5)8-4-11-13-12-8/h1-3,8H,4H2,(H,11,12). The summed E-state index contributed by atoms with van der Waals surface area (Å²) < 4.78 is 14.1. The lowest BCUT2D eigenvalue weighted by Gasteiger charge is -2.09. The molecule has 13 heavy (non-hydrogen) atoms. The van der Waals surface area contributed by atoms with E-state index in [-0.39, 0.29) is 11.9 Å². The van der Waals surface area contributed by atoms with Crippen molar-refractivity contribution in [2.75, 3.05) is 6.54 Å². The van der Waals surface area contributed by atoms with Crippen LogP contribution in [0.3, 0.4) is 0 Å². The lowest BCUT2D eigenvalue weighted by Crippen LogP contribution is -2.14. The van der Waals surface area contributed by atoms with Crippen LogP contribution >= 0.6 is 15.9 Å². The van der Waals surface area contributed by atoms with Gasteiger partial charge in [-0.05, 0) is 12.1 Å². The largest absolute Gasteiger partial charge is 0.282 e. The zero-order chi connectivity index (χ0) is 9.26. The molecule has 3 nitrogen and oxygen atoms in total. The van der Waals surface area contributed by atoms with Crippen molar-refractivity contribution in [3.05, 3.63) is 34.1 Å². The normalized spacial score (nSPS) is 20.3. The summed E-state index contributed by atoms with van der Waals surface area (Å²) in [6.45, 7) is 0.499. The summed E-state index contributed by atoms with van der Waals surface area (Å²) >= 11 is 3.20. The molecular formula is C8H7BrFN3. The van der Waals surface area contributed by atoms with Crippen molar-refractivity contribution in [3.8, 4) is 0 Å². The molecule has 1 atom stereocenters. The first-order chi connectivity index (χ1) is 6.27. The zero-order valence-electron chi connectivity index (χ0n) is 6.67. The summed E-state index contributed by atoms with van der Waals surface area (Å²) in [6.07, 6.45) is 0. The summed E-state index contributed by atoms with van der Waals surface area (Å²) in [5.74, 6) is -0.237. The number of halogens is 2. The first kappa shape index (κ1) is 8.62. The Morgan fingerprint density at radius 1 is 1.54 bits per heavy atom. The van der Waals surface area contributed by atoms with Crippen LogP contribution < -0.4 is 5.43 Å². The molecule has 1 N–H and O–H groups in total. The molecule has 0 spiro atoms. The minimum absolute atomic E-state index is 0.118. The molecule has 0 aromatic heterocycles. The SMILES string of the molecule is Fc1cc(Br)ccc1C1CN=NN1. The quantitative estimate of drug-likeness (QED) is 0.809. The predicted molar refractivity (Wildman–Crippen MR) is 49.7 cm³/mol. The van der Waals surface area contributed by atoms with Crippen molar-refractivity contribution in [2.45, 2.75) is 6.04 Å². The molecule has 1 aromatic carbocycles. The van der Waals surface area contributed by atoms with E-state index in [9.17, 15) is 4.39 Å². The number of benzene rings is 1. The lowest BCUT2D eigenvalue weighted by molar-refractivity contribution is 0.558. The van der Waals surface area contributed by atoms with Gasteiger partial charge in [0.15, 0.2) is 0 Å². The highest BCUT2D eigenvalue weighted by atomic mass is 79.9. The molecule has 0 saturated carbocycles. The van der Waals surface area contributed by atoms with Gasteiger partial charge in [0.2, 0.25) is 0 Å². The van der Waals surface area contributed by atoms with Crippen molar-refractivity contribution in [1.82, 2.24) is 5.43 Å². The zero-order valence-corrected chi connectivity index (χ0v) is 8.25. The highest BCUT2D eigenvalue weighted by Crippen LogP contribution is 2.23. The van der Waals surface area contributed by atoms with Crippen molar-refractivity contribution in [3.63, 3.8) is 0 Å². The van der Waals surface area contributed by atoms with Gasteiger partial charge in [-0.1, -0.05) is 27.2 Å². The van der Waals surface area contributed by atoms with Gasteiger partial charge in [0.05, 0.1) is 12.6 Å². The second kappa shape index (κ2) is 3.41. The van der Waals surface area contributed by atoms with Crippen LogP contribution in [0, 0.1) is 5.82 Å². The summed E-state index contributed by atoms with van der Waals surface area (Å²) in [5, 5.41) is 7.34. The molecule has 0 aliphatic carbocycles. The smallest absolute Gasteiger partial charge is 0.129 e. The Balaban J connectivity index is 2.30. The highest BCUT2D eigenvalue weighted by molar-refractivity contribution is 9.10. The number of nitrogens with zero attached hydrogens (tertiary/aromatic N) is 2. The fourth-order valence-electron chi connectivity index (χ4n) is 1.23. The van der Waals surface area contributed by atoms with E-state index in [0.29, 0.717) is 12.1 Å². The molecule has 2 rings (SSSR count). The van der Waals surface area contributed by atoms with E-state index in [1.165, 1.54) is 6.07 Å². The molecule has 0 fully saturated rings. The first-order valence-electron chi connectivity index (χ1n) is 3.84. The Morgan fingerprint density at radius 2 is 2.38 bits per heavy atom. The molecule has 0 radical (unpaired) electrons. The summed E-state index contributed by atoms with van der Waals surface area (Å²) in [6, 6.07) is 4.86. The average Bonchev–Trinajstić information content (AvgIpc) is 2.56. The van der Waals surface area contributed by atoms with E-state index < -0.39 is 0 Å². The summed E-state index contributed by atoms with van der Waals surface area (Å²) in [7, 11) is 0. The van der Waals surface area contributed by atoms with Crippen molar-refractivity contribution >= 4 is 15.9 Å². The molecular weight excluding hydrogens is 237 g/mol. The van der Waals surface area contributed by atoms with Gasteiger partial charge in [0.1, 0.15) is 5.82 Å². The van der Waals surface area contributed by atoms with Crippen LogP contribution in [0.5, 0.6) is 0 Å². The Morgan fingerprint density at radius 3 is 3.00 bits per heavy atom. The highest BCUT2D eigenvalue weighted by Gasteiger charge is 2.17. The Kier molecular flexibility index (Phi) is 2.26. The number of hydrogen-bond acceptors (Lipinski definition) is 3. The molecule has 68 valence electrons. The Labute approximate surface area is 83.2 Å². The van der Waals surface area contributed by atoms with Gasteiger partial charge in [0, 0.05) is 10.0 Å². The van der Waals surface area contributed by atoms with E-state index in [4.69, 9.17) is 0 Å². The molecule has 5 heteroatoms. The Bertz CT molecular complexity index is 345. The van der Waals surface area contributed by atoms with Crippen LogP contribution in [0.2, 0.25) is 0 Å². The summed E-state index contributed by atoms with van der Waals surface area (Å²) in [5.41, 5.74) is 3.34. The third-order valence-electron chi connectivity index (χ3n) is 1.89. The van der Waals surface area contributed by atoms with Crippen molar-refractivity contribution in [1.29, 1.82) is 0 Å². The lowest BCUT2D eigenvalue weighted by atomic mass is 10.1. The van der Waals surface area contributed by atoms with E-state index >= 15 is 0 Å². The van der Waals surface area contributed by atoms with E-state index in [1.54, 1.807) is 12.1 Å². The Hall–Kier alpha value is -0.970. The monoisotopic (exact) mass is 243 g/mol. The first-order valence-corrected chi connectivity index (χ1v) is 4.63. The van der Waals surface area contributed by atoms with Crippen LogP contribution in [-0.4, -0.2) is 6.54 Å². The molecule has 0 amide bonds. The fourth-order valence-corrected chi connectivity index (χ4v) is 1.56. The number of hydrogen-bond donors (Lipinski definition) is 1. The van der Waals surface area contributed by atoms with E-state index in [1.807, 2.05) is 0 Å². The van der Waals surface area contributed by atoms with Gasteiger partial charge in [0.25, 0.3) is 0 Å². The topological polar surface area (TPSA) is 36.8 Å². The van der Waals surface area contributed by atoms with Gasteiger partial charge < -0.3 is 0 Å². The van der Waals surface area contributed by atoms with Crippen LogP contribution in [0.4, 0.5) is 4.39 Å². The van der Waals surface area contributed by atoms with Crippen LogP contribution in [0.25, 0.3) is 0 Å². The molecule has 1 heterocycles. The van der Waals surface area contributed by atoms with Crippen molar-refractivity contribution < 1.29 is 4.39 Å². The van der Waals surface area contributed by atoms with Gasteiger partial charge in [-0.3, -0.25) is 5.43 Å². The van der Waals surface area contributed by atoms with Crippen LogP contribution in [-0.2, 0) is 0 Å². The molecule has 0 bridgehead atoms. The predicted octanol–water partition coefficient (Wildman–Crippen LogP) is 2.60. The van der Waals surface area contributed by atoms with Gasteiger partial charge in [-0.25, -0.2) is 4.39 Å². The van der Waals surface area contributed by atoms with Crippen molar-refractivity contribution in [2.24, 2.45) is 10.3 Å². The fraction of sp³-hybridized carbons (Fsp3) is 0.250. The van der Waals surface area contributed by atoms with Crippen LogP contribution in [0.1, 0.15) is 11.6 Å². The minimum atomic E-state index is -0.237. The third kappa shape index (κ3) is 1.70. The van der Waals surface area contributed by atoms with Gasteiger partial charge >= 0.3 is 0 Å². The maximum Gasteiger partial charge on any atom is 0.129 e. The molecule has 1 aliphatic rings. The van der Waals surface area contributed by atoms with Gasteiger partial charge in [-0.15, -0.1) is 0 Å². The maximum absolute atomic E-state index is 13.3. The van der Waals surface area contributed by atoms with Gasteiger partial charge in [-0.2, -0.15) is 5.11 Å². The second-order valence-corrected chi connectivity index (χ2v) is 3.69. The molecule has 1 unspecified atom stereocenters. The van der Waals surface area contributed by atoms with Crippen LogP contribution in [0.15, 0.2) is 33.0 Å². The third-order valence-corrected chi connectivity index (χ3v) is 2.38. The maximum atomic E-state index is 13.3. The number of nitrogens with one attached hydrogen (secondary N) is 1. The second-order valence-electron chi connectivity index (χ2n) is 2.77. The number of rotatable bonds is 1. The van der Waals surface area contributed by atoms with E-state index in [2.05, 4.69) is 31.7 Å². The molecule has 0 saturated heterocycles. The average molecular weight is 244 g/mol. The van der Waals surface area contributed by atoms with E-state index in [0.717, 1.165) is 4.47 Å².